The largest absolute Gasteiger partial charge is 0.496 e. The molecule has 2 rings (SSSR count). The Balaban J connectivity index is 2.78. The molecule has 0 saturated heterocycles. The summed E-state index contributed by atoms with van der Waals surface area (Å²) in [5, 5.41) is 1.16. The first-order valence-electron chi connectivity index (χ1n) is 4.04. The van der Waals surface area contributed by atoms with E-state index >= 15 is 0 Å². The molecule has 0 aliphatic rings. The molecule has 13 heavy (non-hydrogen) atoms. The van der Waals surface area contributed by atoms with Gasteiger partial charge >= 0.3 is 0 Å². The average Bonchev–Trinajstić information content (AvgIpc) is 2.47. The fourth-order valence-corrected chi connectivity index (χ4v) is 2.07. The van der Waals surface area contributed by atoms with Crippen LogP contribution in [0.3, 0.4) is 0 Å². The third-order valence-corrected chi connectivity index (χ3v) is 2.87. The van der Waals surface area contributed by atoms with Crippen LogP contribution >= 0.6 is 15.9 Å². The van der Waals surface area contributed by atoms with Crippen molar-refractivity contribution >= 4 is 26.8 Å². The molecule has 0 atom stereocenters. The Bertz CT molecular complexity index is 447. The lowest BCUT2D eigenvalue weighted by molar-refractivity contribution is 0.413. The number of ether oxygens (including phenoxy) is 1. The van der Waals surface area contributed by atoms with Gasteiger partial charge in [-0.2, -0.15) is 0 Å². The van der Waals surface area contributed by atoms with Crippen molar-refractivity contribution in [3.8, 4) is 5.75 Å². The number of nitrogens with one attached hydrogen (secondary N) is 1. The number of aromatic amines is 1. The molecule has 1 heterocycles. The number of fused-ring (bicyclic) bond motifs is 1. The van der Waals surface area contributed by atoms with E-state index in [1.807, 2.05) is 19.1 Å². The van der Waals surface area contributed by atoms with Crippen molar-refractivity contribution in [3.05, 3.63) is 28.4 Å². The standard InChI is InChI=1S/C10H10BrNO/c1-6-5-7-8(12-6)3-4-9(13-2)10(7)11/h3-5,12H,1-2H3. The summed E-state index contributed by atoms with van der Waals surface area (Å²) in [6.45, 7) is 2.04. The van der Waals surface area contributed by atoms with Gasteiger partial charge in [0, 0.05) is 16.6 Å². The van der Waals surface area contributed by atoms with E-state index in [1.165, 1.54) is 0 Å². The molecule has 0 bridgehead atoms. The highest BCUT2D eigenvalue weighted by Gasteiger charge is 2.06. The molecule has 1 aromatic heterocycles. The molecule has 2 aromatic rings. The van der Waals surface area contributed by atoms with Gasteiger partial charge in [-0.05, 0) is 41.1 Å². The molecule has 1 aromatic carbocycles. The van der Waals surface area contributed by atoms with Crippen LogP contribution in [0.4, 0.5) is 0 Å². The molecule has 0 radical (unpaired) electrons. The van der Waals surface area contributed by atoms with Crippen LogP contribution in [-0.4, -0.2) is 12.1 Å². The first kappa shape index (κ1) is 8.63. The molecule has 68 valence electrons. The Hall–Kier alpha value is -0.960. The zero-order chi connectivity index (χ0) is 9.42. The van der Waals surface area contributed by atoms with Crippen molar-refractivity contribution in [1.82, 2.24) is 4.98 Å². The number of methoxy groups -OCH3 is 1. The zero-order valence-electron chi connectivity index (χ0n) is 7.52. The summed E-state index contributed by atoms with van der Waals surface area (Å²) in [6.07, 6.45) is 0. The maximum Gasteiger partial charge on any atom is 0.133 e. The monoisotopic (exact) mass is 239 g/mol. The predicted octanol–water partition coefficient (Wildman–Crippen LogP) is 3.25. The van der Waals surface area contributed by atoms with E-state index in [1.54, 1.807) is 7.11 Å². The van der Waals surface area contributed by atoms with Gasteiger partial charge in [-0.25, -0.2) is 0 Å². The number of aryl methyl sites for hydroxylation is 1. The number of hydrogen-bond acceptors (Lipinski definition) is 1. The van der Waals surface area contributed by atoms with E-state index in [-0.39, 0.29) is 0 Å². The summed E-state index contributed by atoms with van der Waals surface area (Å²) in [7, 11) is 1.67. The van der Waals surface area contributed by atoms with Gasteiger partial charge in [0.15, 0.2) is 0 Å². The maximum atomic E-state index is 5.20. The Kier molecular flexibility index (Phi) is 2.04. The molecular formula is C10H10BrNO. The van der Waals surface area contributed by atoms with Crippen LogP contribution in [0.15, 0.2) is 22.7 Å². The second-order valence-corrected chi connectivity index (χ2v) is 3.79. The zero-order valence-corrected chi connectivity index (χ0v) is 9.10. The third-order valence-electron chi connectivity index (χ3n) is 2.06. The van der Waals surface area contributed by atoms with Crippen molar-refractivity contribution in [2.45, 2.75) is 6.92 Å². The van der Waals surface area contributed by atoms with Gasteiger partial charge in [-0.3, -0.25) is 0 Å². The molecular weight excluding hydrogens is 230 g/mol. The number of hydrogen-bond donors (Lipinski definition) is 1. The molecule has 0 amide bonds. The Morgan fingerprint density at radius 1 is 1.38 bits per heavy atom. The van der Waals surface area contributed by atoms with Gasteiger partial charge in [0.25, 0.3) is 0 Å². The molecule has 0 aliphatic carbocycles. The van der Waals surface area contributed by atoms with Crippen LogP contribution in [0.25, 0.3) is 10.9 Å². The first-order valence-corrected chi connectivity index (χ1v) is 4.83. The molecule has 0 fully saturated rings. The summed E-state index contributed by atoms with van der Waals surface area (Å²) in [5.74, 6) is 0.867. The van der Waals surface area contributed by atoms with Crippen molar-refractivity contribution < 1.29 is 4.74 Å². The molecule has 2 nitrogen and oxygen atoms in total. The Morgan fingerprint density at radius 2 is 2.15 bits per heavy atom. The fourth-order valence-electron chi connectivity index (χ4n) is 1.45. The lowest BCUT2D eigenvalue weighted by atomic mass is 10.2. The highest BCUT2D eigenvalue weighted by molar-refractivity contribution is 9.10. The number of halogens is 1. The topological polar surface area (TPSA) is 25.0 Å². The minimum Gasteiger partial charge on any atom is -0.496 e. The molecule has 0 spiro atoms. The molecule has 3 heteroatoms. The van der Waals surface area contributed by atoms with Crippen LogP contribution in [0.1, 0.15) is 5.69 Å². The van der Waals surface area contributed by atoms with Crippen molar-refractivity contribution in [2.24, 2.45) is 0 Å². The van der Waals surface area contributed by atoms with Gasteiger partial charge in [0.05, 0.1) is 11.6 Å². The molecule has 0 aliphatic heterocycles. The molecule has 0 saturated carbocycles. The molecule has 1 N–H and O–H groups in total. The Labute approximate surface area is 85.0 Å². The number of aromatic nitrogens is 1. The van der Waals surface area contributed by atoms with Crippen LogP contribution < -0.4 is 4.74 Å². The summed E-state index contributed by atoms with van der Waals surface area (Å²) in [5.41, 5.74) is 2.29. The average molecular weight is 240 g/mol. The predicted molar refractivity (Wildman–Crippen MR) is 57.3 cm³/mol. The van der Waals surface area contributed by atoms with E-state index in [4.69, 9.17) is 4.74 Å². The van der Waals surface area contributed by atoms with E-state index in [9.17, 15) is 0 Å². The van der Waals surface area contributed by atoms with Crippen LogP contribution in [0, 0.1) is 6.92 Å². The van der Waals surface area contributed by atoms with Gasteiger partial charge < -0.3 is 9.72 Å². The van der Waals surface area contributed by atoms with E-state index in [2.05, 4.69) is 27.0 Å². The van der Waals surface area contributed by atoms with E-state index < -0.39 is 0 Å². The number of benzene rings is 1. The second kappa shape index (κ2) is 3.07. The summed E-state index contributed by atoms with van der Waals surface area (Å²) >= 11 is 3.51. The SMILES string of the molecule is COc1ccc2[nH]c(C)cc2c1Br. The highest BCUT2D eigenvalue weighted by Crippen LogP contribution is 2.33. The second-order valence-electron chi connectivity index (χ2n) is 3.00. The first-order chi connectivity index (χ1) is 6.22. The molecule has 0 unspecified atom stereocenters. The smallest absolute Gasteiger partial charge is 0.133 e. The highest BCUT2D eigenvalue weighted by atomic mass is 79.9. The lowest BCUT2D eigenvalue weighted by Gasteiger charge is -2.02. The van der Waals surface area contributed by atoms with E-state index in [0.29, 0.717) is 0 Å². The minimum absolute atomic E-state index is 0.867. The summed E-state index contributed by atoms with van der Waals surface area (Å²) in [6, 6.07) is 6.07. The number of rotatable bonds is 1. The van der Waals surface area contributed by atoms with Gasteiger partial charge in [0.2, 0.25) is 0 Å². The maximum absolute atomic E-state index is 5.20. The quantitative estimate of drug-likeness (QED) is 0.813. The van der Waals surface area contributed by atoms with Crippen LogP contribution in [-0.2, 0) is 0 Å². The summed E-state index contributed by atoms with van der Waals surface area (Å²) < 4.78 is 6.21. The minimum atomic E-state index is 0.867. The third kappa shape index (κ3) is 1.33. The number of H-pyrrole nitrogens is 1. The van der Waals surface area contributed by atoms with Crippen LogP contribution in [0.5, 0.6) is 5.75 Å². The Morgan fingerprint density at radius 3 is 2.85 bits per heavy atom. The lowest BCUT2D eigenvalue weighted by Crippen LogP contribution is -1.83. The van der Waals surface area contributed by atoms with Crippen LogP contribution in [0.2, 0.25) is 0 Å². The van der Waals surface area contributed by atoms with Crippen molar-refractivity contribution in [1.29, 1.82) is 0 Å². The normalized spacial score (nSPS) is 10.7. The van der Waals surface area contributed by atoms with Gasteiger partial charge in [-0.1, -0.05) is 0 Å². The van der Waals surface area contributed by atoms with E-state index in [0.717, 1.165) is 26.8 Å². The van der Waals surface area contributed by atoms with Crippen molar-refractivity contribution in [2.75, 3.05) is 7.11 Å². The van der Waals surface area contributed by atoms with Gasteiger partial charge in [0.1, 0.15) is 5.75 Å². The van der Waals surface area contributed by atoms with Crippen molar-refractivity contribution in [3.63, 3.8) is 0 Å². The summed E-state index contributed by atoms with van der Waals surface area (Å²) in [4.78, 5) is 3.27. The fraction of sp³-hybridized carbons (Fsp3) is 0.200. The van der Waals surface area contributed by atoms with Gasteiger partial charge in [-0.15, -0.1) is 0 Å².